The molecule has 0 heterocycles. The van der Waals surface area contributed by atoms with Crippen molar-refractivity contribution in [3.63, 3.8) is 0 Å². The van der Waals surface area contributed by atoms with E-state index in [9.17, 15) is 25.2 Å². The van der Waals surface area contributed by atoms with Crippen LogP contribution in [-0.4, -0.2) is 44.2 Å². The van der Waals surface area contributed by atoms with Crippen LogP contribution in [0.3, 0.4) is 0 Å². The molecule has 198 valence electrons. The Morgan fingerprint density at radius 2 is 1.54 bits per heavy atom. The fourth-order valence-electron chi connectivity index (χ4n) is 10.9. The molecule has 5 aliphatic rings. The molecule has 0 unspecified atom stereocenters. The second-order valence-electron chi connectivity index (χ2n) is 15.4. The first kappa shape index (κ1) is 25.7. The van der Waals surface area contributed by atoms with Crippen molar-refractivity contribution in [1.29, 1.82) is 0 Å². The summed E-state index contributed by atoms with van der Waals surface area (Å²) in [5.41, 5.74) is -2.46. The van der Waals surface area contributed by atoms with E-state index in [1.807, 2.05) is 0 Å². The zero-order chi connectivity index (χ0) is 26.0. The summed E-state index contributed by atoms with van der Waals surface area (Å²) in [4.78, 5) is 12.8. The lowest BCUT2D eigenvalue weighted by molar-refractivity contribution is -0.242. The quantitative estimate of drug-likeness (QED) is 0.375. The normalized spacial score (nSPS) is 54.4. The Hall–Kier alpha value is -0.910. The van der Waals surface area contributed by atoms with Gasteiger partial charge < -0.3 is 20.4 Å². The van der Waals surface area contributed by atoms with Crippen LogP contribution < -0.4 is 0 Å². The summed E-state index contributed by atoms with van der Waals surface area (Å²) in [5, 5.41) is 44.9. The third-order valence-electron chi connectivity index (χ3n) is 13.1. The Morgan fingerprint density at radius 1 is 0.914 bits per heavy atom. The maximum absolute atomic E-state index is 12.8. The SMILES string of the molecule is CC1(C)CC[C@]2(C(=O)O)CC[C@]3(C)C(=CC[C@@H]4[C@@]5(C)C[C@@H](O)[C@H](O)C(C)(C)[C@@H]5CC[C@]43C)[C@]2(O)C1. The summed E-state index contributed by atoms with van der Waals surface area (Å²) in [5.74, 6) is -0.225. The zero-order valence-corrected chi connectivity index (χ0v) is 22.9. The molecule has 5 heteroatoms. The predicted molar refractivity (Wildman–Crippen MR) is 136 cm³/mol. The molecule has 9 atom stereocenters. The molecule has 0 bridgehead atoms. The Morgan fingerprint density at radius 3 is 2.17 bits per heavy atom. The number of hydrogen-bond donors (Lipinski definition) is 4. The van der Waals surface area contributed by atoms with Gasteiger partial charge in [0, 0.05) is 0 Å². The van der Waals surface area contributed by atoms with Gasteiger partial charge in [-0.15, -0.1) is 0 Å². The Bertz CT molecular complexity index is 968. The van der Waals surface area contributed by atoms with Crippen LogP contribution in [0, 0.1) is 44.3 Å². The van der Waals surface area contributed by atoms with E-state index in [1.54, 1.807) is 0 Å². The highest BCUT2D eigenvalue weighted by atomic mass is 16.4. The van der Waals surface area contributed by atoms with Gasteiger partial charge in [0.25, 0.3) is 0 Å². The van der Waals surface area contributed by atoms with Gasteiger partial charge in [-0.2, -0.15) is 0 Å². The van der Waals surface area contributed by atoms with Crippen LogP contribution >= 0.6 is 0 Å². The minimum Gasteiger partial charge on any atom is -0.481 e. The molecule has 0 radical (unpaired) electrons. The Kier molecular flexibility index (Phi) is 5.25. The van der Waals surface area contributed by atoms with E-state index in [0.717, 1.165) is 37.7 Å². The summed E-state index contributed by atoms with van der Waals surface area (Å²) >= 11 is 0. The van der Waals surface area contributed by atoms with Gasteiger partial charge in [-0.1, -0.05) is 54.5 Å². The molecule has 5 nitrogen and oxygen atoms in total. The van der Waals surface area contributed by atoms with Gasteiger partial charge in [0.05, 0.1) is 12.2 Å². The third kappa shape index (κ3) is 2.90. The van der Waals surface area contributed by atoms with Crippen molar-refractivity contribution < 1.29 is 25.2 Å². The smallest absolute Gasteiger partial charge is 0.312 e. The van der Waals surface area contributed by atoms with Gasteiger partial charge in [0.2, 0.25) is 0 Å². The number of carboxylic acids is 1. The van der Waals surface area contributed by atoms with Gasteiger partial charge in [-0.25, -0.2) is 0 Å². The van der Waals surface area contributed by atoms with Crippen LogP contribution in [0.25, 0.3) is 0 Å². The first-order chi connectivity index (χ1) is 15.9. The maximum Gasteiger partial charge on any atom is 0.312 e. The predicted octanol–water partition coefficient (Wildman–Crippen LogP) is 5.32. The molecule has 0 aliphatic heterocycles. The van der Waals surface area contributed by atoms with E-state index in [-0.39, 0.29) is 27.1 Å². The molecule has 0 aromatic heterocycles. The highest BCUT2D eigenvalue weighted by Crippen LogP contribution is 2.76. The Balaban J connectivity index is 1.65. The topological polar surface area (TPSA) is 98.0 Å². The van der Waals surface area contributed by atoms with Gasteiger partial charge >= 0.3 is 5.97 Å². The van der Waals surface area contributed by atoms with E-state index >= 15 is 0 Å². The molecular weight excluding hydrogens is 440 g/mol. The van der Waals surface area contributed by atoms with Gasteiger partial charge in [-0.3, -0.25) is 4.79 Å². The largest absolute Gasteiger partial charge is 0.481 e. The fourth-order valence-corrected chi connectivity index (χ4v) is 10.9. The van der Waals surface area contributed by atoms with Crippen LogP contribution in [0.5, 0.6) is 0 Å². The number of allylic oxidation sites excluding steroid dienone is 1. The van der Waals surface area contributed by atoms with E-state index in [2.05, 4.69) is 54.5 Å². The van der Waals surface area contributed by atoms with E-state index < -0.39 is 29.2 Å². The van der Waals surface area contributed by atoms with E-state index in [0.29, 0.717) is 37.5 Å². The molecule has 4 fully saturated rings. The number of rotatable bonds is 1. The van der Waals surface area contributed by atoms with Gasteiger partial charge in [0.1, 0.15) is 11.0 Å². The highest BCUT2D eigenvalue weighted by Gasteiger charge is 2.73. The zero-order valence-electron chi connectivity index (χ0n) is 22.9. The van der Waals surface area contributed by atoms with E-state index in [4.69, 9.17) is 0 Å². The summed E-state index contributed by atoms with van der Waals surface area (Å²) in [6, 6.07) is 0. The summed E-state index contributed by atoms with van der Waals surface area (Å²) in [7, 11) is 0. The monoisotopic (exact) mass is 488 g/mol. The first-order valence-electron chi connectivity index (χ1n) is 13.9. The van der Waals surface area contributed by atoms with Crippen molar-refractivity contribution in [2.75, 3.05) is 0 Å². The van der Waals surface area contributed by atoms with Crippen molar-refractivity contribution in [3.05, 3.63) is 11.6 Å². The number of aliphatic hydroxyl groups excluding tert-OH is 2. The second kappa shape index (κ2) is 7.14. The number of aliphatic hydroxyl groups is 3. The molecule has 0 spiro atoms. The molecule has 0 aromatic carbocycles. The highest BCUT2D eigenvalue weighted by molar-refractivity contribution is 5.78. The average molecular weight is 489 g/mol. The van der Waals surface area contributed by atoms with Gasteiger partial charge in [-0.05, 0) is 102 Å². The van der Waals surface area contributed by atoms with Crippen LogP contribution in [0.15, 0.2) is 11.6 Å². The lowest BCUT2D eigenvalue weighted by Gasteiger charge is -2.72. The molecular formula is C30H48O5. The van der Waals surface area contributed by atoms with Crippen molar-refractivity contribution in [1.82, 2.24) is 0 Å². The lowest BCUT2D eigenvalue weighted by atomic mass is 9.32. The summed E-state index contributed by atoms with van der Waals surface area (Å²) in [6.07, 6.45) is 7.28. The van der Waals surface area contributed by atoms with Crippen molar-refractivity contribution >= 4 is 5.97 Å². The van der Waals surface area contributed by atoms with Crippen molar-refractivity contribution in [3.8, 4) is 0 Å². The minimum absolute atomic E-state index is 0.109. The molecule has 4 N–H and O–H groups in total. The van der Waals surface area contributed by atoms with Crippen LogP contribution in [0.4, 0.5) is 0 Å². The van der Waals surface area contributed by atoms with Gasteiger partial charge in [0.15, 0.2) is 0 Å². The molecule has 5 aliphatic carbocycles. The number of aliphatic carboxylic acids is 1. The lowest BCUT2D eigenvalue weighted by Crippen LogP contribution is -2.70. The van der Waals surface area contributed by atoms with E-state index in [1.165, 1.54) is 0 Å². The summed E-state index contributed by atoms with van der Waals surface area (Å²) in [6.45, 7) is 15.6. The number of carbonyl (C=O) groups is 1. The average Bonchev–Trinajstić information content (AvgIpc) is 2.71. The summed E-state index contributed by atoms with van der Waals surface area (Å²) < 4.78 is 0. The van der Waals surface area contributed by atoms with Crippen LogP contribution in [0.2, 0.25) is 0 Å². The second-order valence-corrected chi connectivity index (χ2v) is 15.4. The molecule has 35 heavy (non-hydrogen) atoms. The molecule has 0 saturated heterocycles. The molecule has 0 amide bonds. The molecule has 4 saturated carbocycles. The molecule has 5 rings (SSSR count). The Labute approximate surface area is 211 Å². The number of hydrogen-bond acceptors (Lipinski definition) is 4. The van der Waals surface area contributed by atoms with Crippen LogP contribution in [-0.2, 0) is 4.79 Å². The first-order valence-corrected chi connectivity index (χ1v) is 13.9. The third-order valence-corrected chi connectivity index (χ3v) is 13.1. The molecule has 0 aromatic rings. The maximum atomic E-state index is 12.8. The van der Waals surface area contributed by atoms with Crippen molar-refractivity contribution in [2.45, 2.75) is 124 Å². The minimum atomic E-state index is -1.33. The standard InChI is InChI=1S/C30H48O5/c1-24(2)12-14-29(23(33)34)15-13-28(7)21(30(29,35)17-24)9-8-20-26(5)16-18(31)22(32)25(3,4)19(26)10-11-27(20,28)6/h9,18-20,22,31-32,35H,8,10-17H2,1-7H3,(H,33,34)/t18-,19+,20-,22+,26+,27-,28-,29-,30-/m1/s1. The number of carboxylic acid groups (broad SMARTS) is 1. The number of fused-ring (bicyclic) bond motifs is 7. The van der Waals surface area contributed by atoms with Crippen molar-refractivity contribution in [2.24, 2.45) is 44.3 Å². The fraction of sp³-hybridized carbons (Fsp3) is 0.900. The van der Waals surface area contributed by atoms with Crippen LogP contribution in [0.1, 0.15) is 106 Å².